The van der Waals surface area contributed by atoms with Gasteiger partial charge >= 0.3 is 5.97 Å². The van der Waals surface area contributed by atoms with Crippen molar-refractivity contribution in [1.82, 2.24) is 4.98 Å². The summed E-state index contributed by atoms with van der Waals surface area (Å²) in [5, 5.41) is 10.4. The SMILES string of the molecule is COC(=O)C(CN)c1ccc([N+](=O)[O-])cn1. The van der Waals surface area contributed by atoms with Gasteiger partial charge in [0, 0.05) is 12.6 Å². The molecule has 86 valence electrons. The standard InChI is InChI=1S/C9H11N3O4/c1-16-9(13)7(4-10)8-3-2-6(5-11-8)12(14)15/h2-3,5,7H,4,10H2,1H3. The van der Waals surface area contributed by atoms with Crippen molar-refractivity contribution in [2.24, 2.45) is 5.73 Å². The van der Waals surface area contributed by atoms with Crippen LogP contribution in [0.5, 0.6) is 0 Å². The summed E-state index contributed by atoms with van der Waals surface area (Å²) in [6.45, 7) is 0.0392. The molecule has 1 aromatic heterocycles. The van der Waals surface area contributed by atoms with Crippen LogP contribution in [0.25, 0.3) is 0 Å². The summed E-state index contributed by atoms with van der Waals surface area (Å²) in [5.41, 5.74) is 5.63. The van der Waals surface area contributed by atoms with Crippen LogP contribution < -0.4 is 5.73 Å². The van der Waals surface area contributed by atoms with Crippen molar-refractivity contribution >= 4 is 11.7 Å². The number of carbonyl (C=O) groups is 1. The van der Waals surface area contributed by atoms with Gasteiger partial charge in [-0.05, 0) is 6.07 Å². The summed E-state index contributed by atoms with van der Waals surface area (Å²) in [6, 6.07) is 2.67. The number of nitro groups is 1. The normalized spacial score (nSPS) is 11.9. The van der Waals surface area contributed by atoms with E-state index in [1.54, 1.807) is 0 Å². The maximum Gasteiger partial charge on any atom is 0.316 e. The van der Waals surface area contributed by atoms with E-state index in [1.165, 1.54) is 19.2 Å². The molecule has 1 heterocycles. The third-order valence-corrected chi connectivity index (χ3v) is 2.06. The molecule has 1 aromatic rings. The Kier molecular flexibility index (Phi) is 3.90. The van der Waals surface area contributed by atoms with Gasteiger partial charge in [-0.3, -0.25) is 19.9 Å². The van der Waals surface area contributed by atoms with Gasteiger partial charge in [0.15, 0.2) is 0 Å². The van der Waals surface area contributed by atoms with Gasteiger partial charge in [0.25, 0.3) is 5.69 Å². The minimum absolute atomic E-state index is 0.0392. The van der Waals surface area contributed by atoms with E-state index >= 15 is 0 Å². The third kappa shape index (κ3) is 2.51. The Balaban J connectivity index is 2.95. The Morgan fingerprint density at radius 2 is 2.38 bits per heavy atom. The molecule has 0 saturated carbocycles. The highest BCUT2D eigenvalue weighted by atomic mass is 16.6. The third-order valence-electron chi connectivity index (χ3n) is 2.06. The molecule has 7 heteroatoms. The second-order valence-electron chi connectivity index (χ2n) is 3.01. The van der Waals surface area contributed by atoms with Crippen LogP contribution in [0.1, 0.15) is 11.6 Å². The molecule has 0 aliphatic carbocycles. The second kappa shape index (κ2) is 5.17. The lowest BCUT2D eigenvalue weighted by Gasteiger charge is -2.10. The summed E-state index contributed by atoms with van der Waals surface area (Å²) in [5.74, 6) is -1.20. The fraction of sp³-hybridized carbons (Fsp3) is 0.333. The van der Waals surface area contributed by atoms with E-state index in [-0.39, 0.29) is 12.2 Å². The highest BCUT2D eigenvalue weighted by Gasteiger charge is 2.21. The quantitative estimate of drug-likeness (QED) is 0.445. The Bertz CT molecular complexity index is 390. The van der Waals surface area contributed by atoms with Crippen LogP contribution in [0.15, 0.2) is 18.3 Å². The summed E-state index contributed by atoms with van der Waals surface area (Å²) in [7, 11) is 1.25. The van der Waals surface area contributed by atoms with Gasteiger partial charge in [-0.15, -0.1) is 0 Å². The van der Waals surface area contributed by atoms with Crippen LogP contribution in [0.2, 0.25) is 0 Å². The molecular formula is C9H11N3O4. The van der Waals surface area contributed by atoms with Gasteiger partial charge in [0.2, 0.25) is 0 Å². The van der Waals surface area contributed by atoms with Crippen molar-refractivity contribution in [3.8, 4) is 0 Å². The molecule has 1 atom stereocenters. The molecule has 16 heavy (non-hydrogen) atoms. The zero-order chi connectivity index (χ0) is 12.1. The molecule has 0 aromatic carbocycles. The highest BCUT2D eigenvalue weighted by molar-refractivity contribution is 5.77. The first-order chi connectivity index (χ1) is 7.60. The molecule has 7 nitrogen and oxygen atoms in total. The number of nitrogens with zero attached hydrogens (tertiary/aromatic N) is 2. The van der Waals surface area contributed by atoms with Crippen molar-refractivity contribution in [3.05, 3.63) is 34.1 Å². The van der Waals surface area contributed by atoms with E-state index in [0.717, 1.165) is 6.20 Å². The first-order valence-electron chi connectivity index (χ1n) is 4.48. The number of hydrogen-bond donors (Lipinski definition) is 1. The van der Waals surface area contributed by atoms with Crippen LogP contribution in [0.4, 0.5) is 5.69 Å². The molecule has 1 unspecified atom stereocenters. The minimum atomic E-state index is -0.689. The maximum absolute atomic E-state index is 11.3. The van der Waals surface area contributed by atoms with E-state index in [9.17, 15) is 14.9 Å². The molecular weight excluding hydrogens is 214 g/mol. The summed E-state index contributed by atoms with van der Waals surface area (Å²) in [4.78, 5) is 24.9. The molecule has 0 spiro atoms. The molecule has 1 rings (SSSR count). The van der Waals surface area contributed by atoms with Crippen molar-refractivity contribution < 1.29 is 14.5 Å². The van der Waals surface area contributed by atoms with Crippen LogP contribution in [-0.4, -0.2) is 29.5 Å². The van der Waals surface area contributed by atoms with Crippen LogP contribution in [0.3, 0.4) is 0 Å². The van der Waals surface area contributed by atoms with E-state index in [4.69, 9.17) is 5.73 Å². The lowest BCUT2D eigenvalue weighted by atomic mass is 10.1. The van der Waals surface area contributed by atoms with Crippen molar-refractivity contribution in [2.75, 3.05) is 13.7 Å². The van der Waals surface area contributed by atoms with Gasteiger partial charge < -0.3 is 10.5 Å². The second-order valence-corrected chi connectivity index (χ2v) is 3.01. The van der Waals surface area contributed by atoms with Gasteiger partial charge in [0.05, 0.1) is 17.7 Å². The van der Waals surface area contributed by atoms with E-state index in [2.05, 4.69) is 9.72 Å². The van der Waals surface area contributed by atoms with Crippen molar-refractivity contribution in [3.63, 3.8) is 0 Å². The predicted molar refractivity (Wildman–Crippen MR) is 54.7 cm³/mol. The molecule has 2 N–H and O–H groups in total. The molecule has 0 saturated heterocycles. The Hall–Kier alpha value is -2.02. The molecule has 0 aliphatic heterocycles. The van der Waals surface area contributed by atoms with E-state index in [0.29, 0.717) is 5.69 Å². The number of rotatable bonds is 4. The number of methoxy groups -OCH3 is 1. The fourth-order valence-corrected chi connectivity index (χ4v) is 1.19. The lowest BCUT2D eigenvalue weighted by molar-refractivity contribution is -0.385. The smallest absolute Gasteiger partial charge is 0.316 e. The Labute approximate surface area is 91.4 Å². The van der Waals surface area contributed by atoms with Gasteiger partial charge in [0.1, 0.15) is 12.1 Å². The predicted octanol–water partition coefficient (Wildman–Crippen LogP) is 0.205. The monoisotopic (exact) mass is 225 g/mol. The topological polar surface area (TPSA) is 108 Å². The molecule has 0 fully saturated rings. The van der Waals surface area contributed by atoms with Gasteiger partial charge in [-0.1, -0.05) is 0 Å². The van der Waals surface area contributed by atoms with Crippen molar-refractivity contribution in [1.29, 1.82) is 0 Å². The largest absolute Gasteiger partial charge is 0.468 e. The highest BCUT2D eigenvalue weighted by Crippen LogP contribution is 2.16. The molecule has 0 aliphatic rings. The number of aromatic nitrogens is 1. The molecule has 0 amide bonds. The number of pyridine rings is 1. The summed E-state index contributed by atoms with van der Waals surface area (Å²) in [6.07, 6.45) is 1.08. The minimum Gasteiger partial charge on any atom is -0.468 e. The average Bonchev–Trinajstić information content (AvgIpc) is 2.30. The Morgan fingerprint density at radius 3 is 2.75 bits per heavy atom. The fourth-order valence-electron chi connectivity index (χ4n) is 1.19. The zero-order valence-electron chi connectivity index (χ0n) is 8.62. The number of esters is 1. The summed E-state index contributed by atoms with van der Waals surface area (Å²) < 4.78 is 4.54. The average molecular weight is 225 g/mol. The maximum atomic E-state index is 11.3. The summed E-state index contributed by atoms with van der Waals surface area (Å²) >= 11 is 0. The van der Waals surface area contributed by atoms with Gasteiger partial charge in [-0.25, -0.2) is 0 Å². The van der Waals surface area contributed by atoms with Crippen molar-refractivity contribution in [2.45, 2.75) is 5.92 Å². The zero-order valence-corrected chi connectivity index (χ0v) is 8.62. The van der Waals surface area contributed by atoms with Crippen LogP contribution in [0, 0.1) is 10.1 Å². The van der Waals surface area contributed by atoms with Crippen LogP contribution in [-0.2, 0) is 9.53 Å². The first-order valence-corrected chi connectivity index (χ1v) is 4.48. The number of carbonyl (C=O) groups excluding carboxylic acids is 1. The van der Waals surface area contributed by atoms with Crippen LogP contribution >= 0.6 is 0 Å². The number of ether oxygens (including phenoxy) is 1. The number of hydrogen-bond acceptors (Lipinski definition) is 6. The molecule has 0 radical (unpaired) electrons. The van der Waals surface area contributed by atoms with E-state index in [1.807, 2.05) is 0 Å². The Morgan fingerprint density at radius 1 is 1.69 bits per heavy atom. The van der Waals surface area contributed by atoms with E-state index < -0.39 is 16.8 Å². The number of nitrogens with two attached hydrogens (primary N) is 1. The lowest BCUT2D eigenvalue weighted by Crippen LogP contribution is -2.23. The van der Waals surface area contributed by atoms with Gasteiger partial charge in [-0.2, -0.15) is 0 Å². The molecule has 0 bridgehead atoms. The first kappa shape index (κ1) is 12.1.